The minimum atomic E-state index is 0.0978. The van der Waals surface area contributed by atoms with Crippen LogP contribution in [0.4, 0.5) is 5.82 Å². The summed E-state index contributed by atoms with van der Waals surface area (Å²) in [6.45, 7) is 8.00. The second-order valence-electron chi connectivity index (χ2n) is 9.85. The summed E-state index contributed by atoms with van der Waals surface area (Å²) in [6, 6.07) is 9.42. The summed E-state index contributed by atoms with van der Waals surface area (Å²) in [4.78, 5) is 11.9. The Bertz CT molecular complexity index is 1110. The molecule has 0 bridgehead atoms. The molecule has 176 valence electrons. The molecular formula is C26H35N5O2. The SMILES string of the molecule is COC1CN(c2nc3ccc(C)cc3cc2-c2nc(C)no2)CCC1NC1CCCCC1C. The van der Waals surface area contributed by atoms with E-state index in [9.17, 15) is 0 Å². The van der Waals surface area contributed by atoms with Gasteiger partial charge in [0, 0.05) is 37.7 Å². The van der Waals surface area contributed by atoms with Crippen molar-refractivity contribution in [2.24, 2.45) is 5.92 Å². The average Bonchev–Trinajstić information content (AvgIpc) is 3.26. The molecule has 7 heteroatoms. The van der Waals surface area contributed by atoms with E-state index in [0.29, 0.717) is 23.8 Å². The normalized spacial score (nSPS) is 26.1. The van der Waals surface area contributed by atoms with Crippen molar-refractivity contribution in [1.82, 2.24) is 20.4 Å². The molecule has 2 aromatic heterocycles. The molecule has 1 saturated carbocycles. The fourth-order valence-corrected chi connectivity index (χ4v) is 5.47. The summed E-state index contributed by atoms with van der Waals surface area (Å²) in [5.41, 5.74) is 3.06. The van der Waals surface area contributed by atoms with Crippen LogP contribution >= 0.6 is 0 Å². The van der Waals surface area contributed by atoms with Gasteiger partial charge in [-0.1, -0.05) is 36.6 Å². The highest BCUT2D eigenvalue weighted by Gasteiger charge is 2.34. The maximum Gasteiger partial charge on any atom is 0.261 e. The molecule has 5 rings (SSSR count). The predicted molar refractivity (Wildman–Crippen MR) is 130 cm³/mol. The molecule has 0 amide bonds. The van der Waals surface area contributed by atoms with E-state index in [0.717, 1.165) is 47.7 Å². The highest BCUT2D eigenvalue weighted by atomic mass is 16.5. The van der Waals surface area contributed by atoms with E-state index in [1.165, 1.54) is 31.2 Å². The van der Waals surface area contributed by atoms with E-state index in [4.69, 9.17) is 14.2 Å². The number of piperidine rings is 1. The molecule has 0 spiro atoms. The Morgan fingerprint density at radius 2 is 1.91 bits per heavy atom. The van der Waals surface area contributed by atoms with Crippen molar-refractivity contribution in [2.45, 2.75) is 71.1 Å². The Morgan fingerprint density at radius 3 is 2.67 bits per heavy atom. The lowest BCUT2D eigenvalue weighted by atomic mass is 9.84. The minimum absolute atomic E-state index is 0.0978. The van der Waals surface area contributed by atoms with Crippen molar-refractivity contribution >= 4 is 16.7 Å². The third-order valence-electron chi connectivity index (χ3n) is 7.41. The lowest BCUT2D eigenvalue weighted by Crippen LogP contribution is -2.57. The fourth-order valence-electron chi connectivity index (χ4n) is 5.47. The Hall–Kier alpha value is -2.51. The molecule has 1 saturated heterocycles. The van der Waals surface area contributed by atoms with E-state index in [2.05, 4.69) is 58.5 Å². The molecule has 1 N–H and O–H groups in total. The molecule has 1 aliphatic carbocycles. The lowest BCUT2D eigenvalue weighted by molar-refractivity contribution is 0.0496. The standard InChI is InChI=1S/C26H35N5O2/c1-16-9-10-22-19(13-16)14-20(26-27-18(3)30-33-26)25(29-22)31-12-11-23(24(15-31)32-4)28-21-8-6-5-7-17(21)2/h9-10,13-14,17,21,23-24,28H,5-8,11-12,15H2,1-4H3. The number of fused-ring (bicyclic) bond motifs is 1. The second-order valence-corrected chi connectivity index (χ2v) is 9.85. The molecule has 2 fully saturated rings. The Balaban J connectivity index is 1.44. The van der Waals surface area contributed by atoms with Gasteiger partial charge in [0.15, 0.2) is 5.82 Å². The largest absolute Gasteiger partial charge is 0.378 e. The third kappa shape index (κ3) is 4.62. The second kappa shape index (κ2) is 9.39. The van der Waals surface area contributed by atoms with Crippen molar-refractivity contribution < 1.29 is 9.26 Å². The number of aromatic nitrogens is 3. The smallest absolute Gasteiger partial charge is 0.261 e. The van der Waals surface area contributed by atoms with Crippen LogP contribution in [0.15, 0.2) is 28.8 Å². The number of methoxy groups -OCH3 is 1. The zero-order valence-electron chi connectivity index (χ0n) is 20.2. The maximum atomic E-state index is 6.00. The van der Waals surface area contributed by atoms with E-state index < -0.39 is 0 Å². The van der Waals surface area contributed by atoms with Gasteiger partial charge in [0.1, 0.15) is 5.82 Å². The number of benzene rings is 1. The van der Waals surface area contributed by atoms with E-state index in [1.54, 1.807) is 0 Å². The van der Waals surface area contributed by atoms with Crippen molar-refractivity contribution in [3.63, 3.8) is 0 Å². The Morgan fingerprint density at radius 1 is 1.06 bits per heavy atom. The molecule has 7 nitrogen and oxygen atoms in total. The molecule has 4 atom stereocenters. The molecular weight excluding hydrogens is 414 g/mol. The zero-order chi connectivity index (χ0) is 22.9. The van der Waals surface area contributed by atoms with Gasteiger partial charge in [-0.15, -0.1) is 0 Å². The Kier molecular flexibility index (Phi) is 6.34. The van der Waals surface area contributed by atoms with Crippen LogP contribution in [0.3, 0.4) is 0 Å². The van der Waals surface area contributed by atoms with Gasteiger partial charge in [0.05, 0.1) is 17.2 Å². The van der Waals surface area contributed by atoms with Gasteiger partial charge in [0.25, 0.3) is 5.89 Å². The first kappa shape index (κ1) is 22.3. The van der Waals surface area contributed by atoms with Gasteiger partial charge in [-0.2, -0.15) is 4.98 Å². The van der Waals surface area contributed by atoms with Crippen LogP contribution in [0.1, 0.15) is 50.4 Å². The number of pyridine rings is 1. The maximum absolute atomic E-state index is 6.00. The fraction of sp³-hybridized carbons (Fsp3) is 0.577. The number of hydrogen-bond donors (Lipinski definition) is 1. The van der Waals surface area contributed by atoms with Crippen molar-refractivity contribution in [1.29, 1.82) is 0 Å². The van der Waals surface area contributed by atoms with E-state index in [1.807, 2.05) is 14.0 Å². The number of anilines is 1. The van der Waals surface area contributed by atoms with E-state index in [-0.39, 0.29) is 6.10 Å². The van der Waals surface area contributed by atoms with Gasteiger partial charge in [-0.05, 0) is 57.2 Å². The molecule has 1 aliphatic heterocycles. The highest BCUT2D eigenvalue weighted by Crippen LogP contribution is 2.34. The summed E-state index contributed by atoms with van der Waals surface area (Å²) in [6.07, 6.45) is 6.38. The van der Waals surface area contributed by atoms with Crippen LogP contribution in [0.2, 0.25) is 0 Å². The van der Waals surface area contributed by atoms with Crippen LogP contribution < -0.4 is 10.2 Å². The van der Waals surface area contributed by atoms with Crippen molar-refractivity contribution in [3.8, 4) is 11.5 Å². The van der Waals surface area contributed by atoms with Crippen molar-refractivity contribution in [3.05, 3.63) is 35.7 Å². The van der Waals surface area contributed by atoms with Crippen LogP contribution in [-0.4, -0.2) is 53.5 Å². The first-order valence-corrected chi connectivity index (χ1v) is 12.3. The predicted octanol–water partition coefficient (Wildman–Crippen LogP) is 4.66. The number of aryl methyl sites for hydroxylation is 2. The summed E-state index contributed by atoms with van der Waals surface area (Å²) < 4.78 is 11.6. The van der Waals surface area contributed by atoms with Crippen LogP contribution in [0, 0.1) is 19.8 Å². The van der Waals surface area contributed by atoms with Crippen LogP contribution in [0.25, 0.3) is 22.4 Å². The monoisotopic (exact) mass is 449 g/mol. The number of ether oxygens (including phenoxy) is 1. The summed E-state index contributed by atoms with van der Waals surface area (Å²) in [5, 5.41) is 9.06. The van der Waals surface area contributed by atoms with Crippen LogP contribution in [0.5, 0.6) is 0 Å². The third-order valence-corrected chi connectivity index (χ3v) is 7.41. The molecule has 4 unspecified atom stereocenters. The zero-order valence-corrected chi connectivity index (χ0v) is 20.2. The van der Waals surface area contributed by atoms with Gasteiger partial charge >= 0.3 is 0 Å². The summed E-state index contributed by atoms with van der Waals surface area (Å²) >= 11 is 0. The number of nitrogens with zero attached hydrogens (tertiary/aromatic N) is 4. The lowest BCUT2D eigenvalue weighted by Gasteiger charge is -2.42. The molecule has 33 heavy (non-hydrogen) atoms. The number of nitrogens with one attached hydrogen (secondary N) is 1. The number of hydrogen-bond acceptors (Lipinski definition) is 7. The van der Waals surface area contributed by atoms with Gasteiger partial charge in [0.2, 0.25) is 0 Å². The van der Waals surface area contributed by atoms with Gasteiger partial charge < -0.3 is 19.5 Å². The van der Waals surface area contributed by atoms with Gasteiger partial charge in [-0.3, -0.25) is 0 Å². The number of rotatable bonds is 5. The average molecular weight is 450 g/mol. The molecule has 3 heterocycles. The highest BCUT2D eigenvalue weighted by molar-refractivity contribution is 5.88. The Labute approximate surface area is 195 Å². The molecule has 1 aromatic carbocycles. The molecule has 2 aliphatic rings. The quantitative estimate of drug-likeness (QED) is 0.607. The first-order chi connectivity index (χ1) is 16.0. The van der Waals surface area contributed by atoms with Crippen molar-refractivity contribution in [2.75, 3.05) is 25.1 Å². The van der Waals surface area contributed by atoms with Crippen LogP contribution in [-0.2, 0) is 4.74 Å². The first-order valence-electron chi connectivity index (χ1n) is 12.3. The van der Waals surface area contributed by atoms with Gasteiger partial charge in [-0.25, -0.2) is 4.98 Å². The summed E-state index contributed by atoms with van der Waals surface area (Å²) in [5.74, 6) is 2.76. The van der Waals surface area contributed by atoms with E-state index >= 15 is 0 Å². The summed E-state index contributed by atoms with van der Waals surface area (Å²) in [7, 11) is 1.83. The molecule has 3 aromatic rings. The molecule has 0 radical (unpaired) electrons. The minimum Gasteiger partial charge on any atom is -0.378 e. The topological polar surface area (TPSA) is 76.3 Å².